The van der Waals surface area contributed by atoms with Gasteiger partial charge in [0.2, 0.25) is 0 Å². The zero-order valence-corrected chi connectivity index (χ0v) is 30.1. The zero-order chi connectivity index (χ0) is 30.0. The third kappa shape index (κ3) is 8.95. The third-order valence-electron chi connectivity index (χ3n) is 8.03. The van der Waals surface area contributed by atoms with Crippen LogP contribution in [0.15, 0.2) is 182 Å². The molecule has 226 valence electrons. The first-order valence-electron chi connectivity index (χ1n) is 15.3. The molecule has 0 amide bonds. The predicted octanol–water partition coefficient (Wildman–Crippen LogP) is 8.39. The summed E-state index contributed by atoms with van der Waals surface area (Å²) in [6.07, 6.45) is 3.44. The number of rotatable bonds is 12. The molecule has 0 atom stereocenters. The van der Waals surface area contributed by atoms with E-state index in [-0.39, 0.29) is 24.9 Å². The fourth-order valence-corrected chi connectivity index (χ4v) is 14.6. The van der Waals surface area contributed by atoms with Crippen molar-refractivity contribution >= 4 is 55.6 Å². The van der Waals surface area contributed by atoms with Crippen LogP contribution in [0.4, 0.5) is 0 Å². The Morgan fingerprint density at radius 1 is 0.311 bits per heavy atom. The number of hydrogen-bond donors (Lipinski definition) is 0. The van der Waals surface area contributed by atoms with E-state index in [1.54, 1.807) is 0 Å². The Hall–Kier alpha value is -2.77. The van der Waals surface area contributed by atoms with Crippen LogP contribution in [0.1, 0.15) is 6.92 Å². The summed E-state index contributed by atoms with van der Waals surface area (Å²) < 4.78 is 0. The fraction of sp³-hybridized carbons (Fsp3) is 0.122. The summed E-state index contributed by atoms with van der Waals surface area (Å²) in [5.74, 6) is 0. The Bertz CT molecular complexity index is 1360. The molecule has 0 aromatic heterocycles. The van der Waals surface area contributed by atoms with E-state index in [0.29, 0.717) is 0 Å². The molecule has 0 nitrogen and oxygen atoms in total. The quantitative estimate of drug-likeness (QED) is 0.0879. The van der Waals surface area contributed by atoms with Gasteiger partial charge in [-0.05, 0) is 79.5 Å². The molecule has 45 heavy (non-hydrogen) atoms. The number of benzene rings is 6. The van der Waals surface area contributed by atoms with E-state index in [9.17, 15) is 0 Å². The van der Waals surface area contributed by atoms with E-state index in [1.165, 1.54) is 31.8 Å². The predicted molar refractivity (Wildman–Crippen MR) is 200 cm³/mol. The summed E-state index contributed by atoms with van der Waals surface area (Å²) in [5, 5.41) is 8.79. The van der Waals surface area contributed by atoms with Crippen molar-refractivity contribution in [3.8, 4) is 0 Å². The van der Waals surface area contributed by atoms with Gasteiger partial charge in [-0.15, -0.1) is 0 Å². The molecule has 6 aromatic carbocycles. The van der Waals surface area contributed by atoms with Crippen molar-refractivity contribution < 1.29 is 19.5 Å². The van der Waals surface area contributed by atoms with Crippen molar-refractivity contribution in [2.24, 2.45) is 5.41 Å². The van der Waals surface area contributed by atoms with E-state index >= 15 is 0 Å². The van der Waals surface area contributed by atoms with Gasteiger partial charge in [0.05, 0.1) is 0 Å². The molecule has 6 aromatic rings. The molecular formula is C41H39P3Ru. The van der Waals surface area contributed by atoms with E-state index in [1.807, 2.05) is 0 Å². The molecule has 6 rings (SSSR count). The summed E-state index contributed by atoms with van der Waals surface area (Å²) in [6, 6.07) is 67.7. The molecule has 0 bridgehead atoms. The zero-order valence-electron chi connectivity index (χ0n) is 25.6. The minimum Gasteiger partial charge on any atom is -0.0622 e. The van der Waals surface area contributed by atoms with Gasteiger partial charge >= 0.3 is 0 Å². The van der Waals surface area contributed by atoms with E-state index < -0.39 is 23.8 Å². The molecule has 0 aliphatic heterocycles. The number of hydrogen-bond acceptors (Lipinski definition) is 0. The van der Waals surface area contributed by atoms with E-state index in [0.717, 1.165) is 18.5 Å². The molecule has 0 heterocycles. The summed E-state index contributed by atoms with van der Waals surface area (Å²) in [5.41, 5.74) is 0.0756. The Morgan fingerprint density at radius 2 is 0.467 bits per heavy atom. The van der Waals surface area contributed by atoms with Crippen molar-refractivity contribution in [1.29, 1.82) is 0 Å². The van der Waals surface area contributed by atoms with Gasteiger partial charge in [0, 0.05) is 19.5 Å². The maximum atomic E-state index is 2.61. The minimum atomic E-state index is -0.555. The molecule has 0 unspecified atom stereocenters. The van der Waals surface area contributed by atoms with Crippen molar-refractivity contribution in [2.45, 2.75) is 6.92 Å². The summed E-state index contributed by atoms with van der Waals surface area (Å²) in [6.45, 7) is 2.61. The first kappa shape index (κ1) is 33.6. The Balaban J connectivity index is 0.00000400. The van der Waals surface area contributed by atoms with Gasteiger partial charge in [-0.25, -0.2) is 0 Å². The van der Waals surface area contributed by atoms with Gasteiger partial charge in [0.25, 0.3) is 0 Å². The van der Waals surface area contributed by atoms with Crippen LogP contribution in [0.3, 0.4) is 0 Å². The third-order valence-corrected chi connectivity index (χ3v) is 16.8. The van der Waals surface area contributed by atoms with Crippen molar-refractivity contribution in [2.75, 3.05) is 18.5 Å². The fourth-order valence-electron chi connectivity index (χ4n) is 5.94. The summed E-state index contributed by atoms with van der Waals surface area (Å²) in [7, 11) is -1.66. The molecule has 0 aliphatic carbocycles. The smallest absolute Gasteiger partial charge is 0 e. The maximum absolute atomic E-state index is 2.61. The van der Waals surface area contributed by atoms with Gasteiger partial charge in [-0.3, -0.25) is 0 Å². The molecule has 4 heteroatoms. The Kier molecular flexibility index (Phi) is 12.5. The van der Waals surface area contributed by atoms with Gasteiger partial charge < -0.3 is 0 Å². The van der Waals surface area contributed by atoms with Crippen LogP contribution in [-0.4, -0.2) is 18.5 Å². The first-order valence-corrected chi connectivity index (χ1v) is 19.9. The molecule has 0 spiro atoms. The Morgan fingerprint density at radius 3 is 0.622 bits per heavy atom. The monoisotopic (exact) mass is 726 g/mol. The summed E-state index contributed by atoms with van der Waals surface area (Å²) >= 11 is 0. The van der Waals surface area contributed by atoms with Crippen molar-refractivity contribution in [1.82, 2.24) is 0 Å². The van der Waals surface area contributed by atoms with Gasteiger partial charge in [-0.1, -0.05) is 189 Å². The summed E-state index contributed by atoms with van der Waals surface area (Å²) in [4.78, 5) is 0. The molecule has 0 saturated carbocycles. The second kappa shape index (κ2) is 16.7. The normalized spacial score (nSPS) is 11.5. The van der Waals surface area contributed by atoms with Gasteiger partial charge in [-0.2, -0.15) is 0 Å². The first-order chi connectivity index (χ1) is 21.7. The van der Waals surface area contributed by atoms with Gasteiger partial charge in [0.1, 0.15) is 0 Å². The molecule has 0 saturated heterocycles. The van der Waals surface area contributed by atoms with Crippen LogP contribution >= 0.6 is 23.8 Å². The molecule has 0 aliphatic rings. The average molecular weight is 726 g/mol. The van der Waals surface area contributed by atoms with Crippen LogP contribution in [0.2, 0.25) is 0 Å². The van der Waals surface area contributed by atoms with E-state index in [4.69, 9.17) is 0 Å². The maximum Gasteiger partial charge on any atom is 0 e. The average Bonchev–Trinajstić information content (AvgIpc) is 3.11. The SMILES string of the molecule is CC(CP(c1ccccc1)c1ccccc1)(CP(c1ccccc1)c1ccccc1)CP(c1ccccc1)c1ccccc1.[Ru]. The van der Waals surface area contributed by atoms with E-state index in [2.05, 4.69) is 189 Å². The topological polar surface area (TPSA) is 0 Å². The van der Waals surface area contributed by atoms with Crippen LogP contribution < -0.4 is 31.8 Å². The van der Waals surface area contributed by atoms with Crippen molar-refractivity contribution in [3.63, 3.8) is 0 Å². The molecule has 0 radical (unpaired) electrons. The molecular weight excluding hydrogens is 686 g/mol. The van der Waals surface area contributed by atoms with Crippen LogP contribution in [0.5, 0.6) is 0 Å². The second-order valence-electron chi connectivity index (χ2n) is 11.6. The molecule has 0 N–H and O–H groups in total. The van der Waals surface area contributed by atoms with Crippen molar-refractivity contribution in [3.05, 3.63) is 182 Å². The Labute approximate surface area is 286 Å². The molecule has 0 fully saturated rings. The van der Waals surface area contributed by atoms with Crippen LogP contribution in [-0.2, 0) is 19.5 Å². The van der Waals surface area contributed by atoms with Gasteiger partial charge in [0.15, 0.2) is 0 Å². The minimum absolute atomic E-state index is 0. The second-order valence-corrected chi connectivity index (χ2v) is 18.2. The van der Waals surface area contributed by atoms with Crippen LogP contribution in [0.25, 0.3) is 0 Å². The largest absolute Gasteiger partial charge is 0.0622 e. The van der Waals surface area contributed by atoms with Crippen LogP contribution in [0, 0.1) is 5.41 Å². The standard InChI is InChI=1S/C41H39P3.Ru/c1-41(32-42(35-20-8-2-9-21-35)36-22-10-3-11-23-36,33-43(37-24-12-4-13-25-37)38-26-14-5-15-27-38)34-44(39-28-16-6-17-29-39)40-30-18-7-19-31-40;/h2-31H,32-34H2,1H3;.